The summed E-state index contributed by atoms with van der Waals surface area (Å²) in [5.74, 6) is -0.141. The maximum Gasteiger partial charge on any atom is 0.227 e. The van der Waals surface area contributed by atoms with Crippen LogP contribution in [0.5, 0.6) is 0 Å². The maximum atomic E-state index is 11.7. The second kappa shape index (κ2) is 4.63. The molecule has 4 nitrogen and oxygen atoms in total. The van der Waals surface area contributed by atoms with Gasteiger partial charge in [0.05, 0.1) is 12.0 Å². The monoisotopic (exact) mass is 220 g/mol. The van der Waals surface area contributed by atoms with Gasteiger partial charge in [-0.1, -0.05) is 18.2 Å². The summed E-state index contributed by atoms with van der Waals surface area (Å²) >= 11 is 0. The molecule has 1 aliphatic heterocycles. The molecule has 1 unspecified atom stereocenters. The highest BCUT2D eigenvalue weighted by Gasteiger charge is 2.33. The van der Waals surface area contributed by atoms with Gasteiger partial charge in [-0.3, -0.25) is 4.79 Å². The Morgan fingerprint density at radius 1 is 1.44 bits per heavy atom. The molecule has 0 bridgehead atoms. The van der Waals surface area contributed by atoms with Crippen molar-refractivity contribution >= 4 is 11.6 Å². The number of carbonyl (C=O) groups excluding carboxylic acids is 1. The Morgan fingerprint density at radius 3 is 2.81 bits per heavy atom. The van der Waals surface area contributed by atoms with Crippen LogP contribution >= 0.6 is 0 Å². The molecule has 0 aliphatic carbocycles. The summed E-state index contributed by atoms with van der Waals surface area (Å²) in [6.07, 6.45) is 0.782. The zero-order valence-electron chi connectivity index (χ0n) is 9.07. The van der Waals surface area contributed by atoms with Gasteiger partial charge in [-0.25, -0.2) is 0 Å². The SMILES string of the molecule is O=C(CC1(O)CCNC1)Nc1ccccc1. The summed E-state index contributed by atoms with van der Waals surface area (Å²) in [5, 5.41) is 15.8. The average Bonchev–Trinajstić information content (AvgIpc) is 2.66. The molecule has 1 saturated heterocycles. The molecule has 86 valence electrons. The zero-order valence-corrected chi connectivity index (χ0v) is 9.07. The van der Waals surface area contributed by atoms with Crippen LogP contribution in [-0.2, 0) is 4.79 Å². The van der Waals surface area contributed by atoms with Gasteiger partial charge in [0.25, 0.3) is 0 Å². The van der Waals surface area contributed by atoms with Crippen molar-refractivity contribution in [2.75, 3.05) is 18.4 Å². The third-order valence-corrected chi connectivity index (χ3v) is 2.77. The summed E-state index contributed by atoms with van der Waals surface area (Å²) in [6.45, 7) is 1.27. The van der Waals surface area contributed by atoms with Crippen LogP contribution in [-0.4, -0.2) is 29.7 Å². The zero-order chi connectivity index (χ0) is 11.4. The molecule has 0 saturated carbocycles. The highest BCUT2D eigenvalue weighted by atomic mass is 16.3. The maximum absolute atomic E-state index is 11.7. The number of β-amino-alcohol motifs (C(OH)–C–C–N with tert-alkyl or cyclic N) is 1. The predicted octanol–water partition coefficient (Wildman–Crippen LogP) is 0.740. The van der Waals surface area contributed by atoms with E-state index in [0.29, 0.717) is 13.0 Å². The summed E-state index contributed by atoms with van der Waals surface area (Å²) in [4.78, 5) is 11.7. The summed E-state index contributed by atoms with van der Waals surface area (Å²) in [6, 6.07) is 9.27. The molecule has 1 heterocycles. The van der Waals surface area contributed by atoms with Crippen molar-refractivity contribution in [3.8, 4) is 0 Å². The number of aliphatic hydroxyl groups is 1. The number of benzene rings is 1. The van der Waals surface area contributed by atoms with Crippen LogP contribution in [0.15, 0.2) is 30.3 Å². The van der Waals surface area contributed by atoms with Crippen LogP contribution in [0.25, 0.3) is 0 Å². The van der Waals surface area contributed by atoms with Crippen molar-refractivity contribution < 1.29 is 9.90 Å². The van der Waals surface area contributed by atoms with Crippen LogP contribution in [0.2, 0.25) is 0 Å². The summed E-state index contributed by atoms with van der Waals surface area (Å²) in [5.41, 5.74) is -0.110. The van der Waals surface area contributed by atoms with E-state index in [0.717, 1.165) is 12.2 Å². The van der Waals surface area contributed by atoms with Gasteiger partial charge >= 0.3 is 0 Å². The van der Waals surface area contributed by atoms with Crippen molar-refractivity contribution in [3.63, 3.8) is 0 Å². The van der Waals surface area contributed by atoms with E-state index in [9.17, 15) is 9.90 Å². The van der Waals surface area contributed by atoms with E-state index < -0.39 is 5.60 Å². The van der Waals surface area contributed by atoms with Gasteiger partial charge in [-0.2, -0.15) is 0 Å². The molecule has 1 atom stereocenters. The molecule has 1 aromatic carbocycles. The molecule has 0 spiro atoms. The number of hydrogen-bond acceptors (Lipinski definition) is 3. The minimum atomic E-state index is -0.876. The number of para-hydroxylation sites is 1. The van der Waals surface area contributed by atoms with Gasteiger partial charge in [-0.15, -0.1) is 0 Å². The number of anilines is 1. The van der Waals surface area contributed by atoms with Crippen molar-refractivity contribution in [1.82, 2.24) is 5.32 Å². The van der Waals surface area contributed by atoms with Crippen LogP contribution in [0.1, 0.15) is 12.8 Å². The normalized spacial score (nSPS) is 24.3. The molecule has 3 N–H and O–H groups in total. The first-order valence-corrected chi connectivity index (χ1v) is 5.46. The number of hydrogen-bond donors (Lipinski definition) is 3. The fourth-order valence-corrected chi connectivity index (χ4v) is 1.91. The van der Waals surface area contributed by atoms with Crippen LogP contribution in [0.3, 0.4) is 0 Å². The van der Waals surface area contributed by atoms with Crippen molar-refractivity contribution in [2.24, 2.45) is 0 Å². The smallest absolute Gasteiger partial charge is 0.227 e. The molecule has 0 radical (unpaired) electrons. The Labute approximate surface area is 94.7 Å². The first kappa shape index (κ1) is 11.1. The quantitative estimate of drug-likeness (QED) is 0.704. The molecule has 0 aromatic heterocycles. The second-order valence-corrected chi connectivity index (χ2v) is 4.24. The number of amides is 1. The molecular formula is C12H16N2O2. The summed E-state index contributed by atoms with van der Waals surface area (Å²) in [7, 11) is 0. The fourth-order valence-electron chi connectivity index (χ4n) is 1.91. The van der Waals surface area contributed by atoms with Gasteiger partial charge in [0.1, 0.15) is 0 Å². The Bertz CT molecular complexity index is 359. The number of carbonyl (C=O) groups is 1. The first-order chi connectivity index (χ1) is 7.68. The van der Waals surface area contributed by atoms with Gasteiger partial charge in [0.2, 0.25) is 5.91 Å². The Hall–Kier alpha value is -1.39. The largest absolute Gasteiger partial charge is 0.388 e. The summed E-state index contributed by atoms with van der Waals surface area (Å²) < 4.78 is 0. The average molecular weight is 220 g/mol. The lowest BCUT2D eigenvalue weighted by Crippen LogP contribution is -2.35. The second-order valence-electron chi connectivity index (χ2n) is 4.24. The third kappa shape index (κ3) is 2.81. The van der Waals surface area contributed by atoms with E-state index >= 15 is 0 Å². The molecule has 2 rings (SSSR count). The topological polar surface area (TPSA) is 61.4 Å². The molecule has 16 heavy (non-hydrogen) atoms. The molecule has 1 amide bonds. The predicted molar refractivity (Wildman–Crippen MR) is 62.1 cm³/mol. The van der Waals surface area contributed by atoms with E-state index in [2.05, 4.69) is 10.6 Å². The van der Waals surface area contributed by atoms with Crippen LogP contribution in [0, 0.1) is 0 Å². The lowest BCUT2D eigenvalue weighted by atomic mass is 9.98. The Balaban J connectivity index is 1.89. The molecule has 4 heteroatoms. The van der Waals surface area contributed by atoms with Crippen molar-refractivity contribution in [3.05, 3.63) is 30.3 Å². The Morgan fingerprint density at radius 2 is 2.19 bits per heavy atom. The van der Waals surface area contributed by atoms with E-state index in [4.69, 9.17) is 0 Å². The van der Waals surface area contributed by atoms with E-state index in [-0.39, 0.29) is 12.3 Å². The van der Waals surface area contributed by atoms with E-state index in [1.807, 2.05) is 30.3 Å². The van der Waals surface area contributed by atoms with Gasteiger partial charge in [0.15, 0.2) is 0 Å². The highest BCUT2D eigenvalue weighted by Crippen LogP contribution is 2.19. The van der Waals surface area contributed by atoms with Gasteiger partial charge in [-0.05, 0) is 25.1 Å². The molecule has 1 aromatic rings. The van der Waals surface area contributed by atoms with E-state index in [1.54, 1.807) is 0 Å². The van der Waals surface area contributed by atoms with E-state index in [1.165, 1.54) is 0 Å². The first-order valence-electron chi connectivity index (χ1n) is 5.46. The van der Waals surface area contributed by atoms with Crippen molar-refractivity contribution in [1.29, 1.82) is 0 Å². The number of nitrogens with one attached hydrogen (secondary N) is 2. The molecule has 1 aliphatic rings. The lowest BCUT2D eigenvalue weighted by Gasteiger charge is -2.20. The van der Waals surface area contributed by atoms with Crippen LogP contribution in [0.4, 0.5) is 5.69 Å². The van der Waals surface area contributed by atoms with Crippen LogP contribution < -0.4 is 10.6 Å². The van der Waals surface area contributed by atoms with Gasteiger partial charge < -0.3 is 15.7 Å². The molecule has 1 fully saturated rings. The Kier molecular flexibility index (Phi) is 3.22. The minimum absolute atomic E-state index is 0.141. The minimum Gasteiger partial charge on any atom is -0.388 e. The molecular weight excluding hydrogens is 204 g/mol. The third-order valence-electron chi connectivity index (χ3n) is 2.77. The van der Waals surface area contributed by atoms with Crippen molar-refractivity contribution in [2.45, 2.75) is 18.4 Å². The fraction of sp³-hybridized carbons (Fsp3) is 0.417. The highest BCUT2D eigenvalue weighted by molar-refractivity contribution is 5.91. The van der Waals surface area contributed by atoms with Gasteiger partial charge in [0, 0.05) is 12.2 Å². The lowest BCUT2D eigenvalue weighted by molar-refractivity contribution is -0.120. The standard InChI is InChI=1S/C12H16N2O2/c15-11(8-12(16)6-7-13-9-12)14-10-4-2-1-3-5-10/h1-5,13,16H,6-9H2,(H,14,15). The number of rotatable bonds is 3.